The number of hydrogen-bond acceptors (Lipinski definition) is 3. The van der Waals surface area contributed by atoms with Crippen LogP contribution in [0.1, 0.15) is 56.2 Å². The number of fused-ring (bicyclic) bond motifs is 3. The second-order valence-corrected chi connectivity index (χ2v) is 22.0. The van der Waals surface area contributed by atoms with E-state index in [1.807, 2.05) is 62.6 Å². The number of pyridine rings is 2. The van der Waals surface area contributed by atoms with Crippen LogP contribution in [-0.2, 0) is 25.5 Å². The zero-order chi connectivity index (χ0) is 36.6. The van der Waals surface area contributed by atoms with Crippen molar-refractivity contribution in [3.8, 4) is 33.6 Å². The maximum absolute atomic E-state index is 14.5. The van der Waals surface area contributed by atoms with Gasteiger partial charge in [0.1, 0.15) is 5.82 Å². The molecular weight excluding hydrogens is 864 g/mol. The van der Waals surface area contributed by atoms with Crippen molar-refractivity contribution >= 4 is 44.8 Å². The first-order valence-corrected chi connectivity index (χ1v) is 22.8. The summed E-state index contributed by atoms with van der Waals surface area (Å²) >= 11 is 1.76. The van der Waals surface area contributed by atoms with Gasteiger partial charge in [0.25, 0.3) is 0 Å². The predicted octanol–water partition coefficient (Wildman–Crippen LogP) is 12.9. The third-order valence-corrected chi connectivity index (χ3v) is 14.0. The predicted molar refractivity (Wildman–Crippen MR) is 223 cm³/mol. The second kappa shape index (κ2) is 15.9. The van der Waals surface area contributed by atoms with E-state index in [0.717, 1.165) is 38.3 Å². The summed E-state index contributed by atoms with van der Waals surface area (Å²) in [7, 11) is -1.23. The molecular formula is C47H47FIrN2SSi-2. The molecule has 0 N–H and O–H groups in total. The fourth-order valence-corrected chi connectivity index (χ4v) is 9.82. The van der Waals surface area contributed by atoms with Gasteiger partial charge in [-0.1, -0.05) is 106 Å². The minimum absolute atomic E-state index is 0. The van der Waals surface area contributed by atoms with Crippen molar-refractivity contribution in [2.45, 2.75) is 78.4 Å². The average Bonchev–Trinajstić information content (AvgIpc) is 3.83. The normalized spacial score (nSPS) is 13.5. The number of nitrogens with zero attached hydrogens (tertiary/aromatic N) is 2. The number of rotatable bonds is 6. The molecule has 1 aliphatic carbocycles. The molecule has 7 aromatic rings. The third kappa shape index (κ3) is 8.17. The zero-order valence-corrected chi connectivity index (χ0v) is 35.9. The van der Waals surface area contributed by atoms with Gasteiger partial charge in [-0.2, -0.15) is 11.3 Å². The Kier molecular flexibility index (Phi) is 11.7. The van der Waals surface area contributed by atoms with Crippen molar-refractivity contribution in [1.82, 2.24) is 9.97 Å². The molecule has 53 heavy (non-hydrogen) atoms. The van der Waals surface area contributed by atoms with Crippen LogP contribution in [0.2, 0.25) is 19.6 Å². The van der Waals surface area contributed by atoms with Gasteiger partial charge in [-0.15, -0.1) is 53.6 Å². The van der Waals surface area contributed by atoms with Gasteiger partial charge in [-0.3, -0.25) is 0 Å². The molecule has 3 heterocycles. The first-order chi connectivity index (χ1) is 24.9. The summed E-state index contributed by atoms with van der Waals surface area (Å²) in [6, 6.07) is 38.3. The molecule has 4 aromatic carbocycles. The van der Waals surface area contributed by atoms with Crippen LogP contribution in [0.15, 0.2) is 103 Å². The zero-order valence-electron chi connectivity index (χ0n) is 31.7. The number of thiophene rings is 1. The van der Waals surface area contributed by atoms with Crippen LogP contribution in [-0.4, -0.2) is 18.0 Å². The van der Waals surface area contributed by atoms with E-state index < -0.39 is 8.07 Å². The van der Waals surface area contributed by atoms with E-state index in [0.29, 0.717) is 17.0 Å². The number of aryl methyl sites for hydroxylation is 2. The first-order valence-electron chi connectivity index (χ1n) is 18.5. The summed E-state index contributed by atoms with van der Waals surface area (Å²) < 4.78 is 16.9. The average molecular weight is 911 g/mol. The second-order valence-electron chi connectivity index (χ2n) is 15.9. The molecule has 8 rings (SSSR count). The summed E-state index contributed by atoms with van der Waals surface area (Å²) in [5, 5.41) is 3.80. The largest absolute Gasteiger partial charge is 0.305 e. The molecule has 0 amide bonds. The van der Waals surface area contributed by atoms with E-state index in [1.54, 1.807) is 11.3 Å². The molecule has 0 atom stereocenters. The van der Waals surface area contributed by atoms with Crippen molar-refractivity contribution in [2.75, 3.05) is 0 Å². The van der Waals surface area contributed by atoms with Gasteiger partial charge in [-0.05, 0) is 99.1 Å². The Morgan fingerprint density at radius 1 is 0.811 bits per heavy atom. The number of benzene rings is 4. The minimum Gasteiger partial charge on any atom is -0.305 e. The van der Waals surface area contributed by atoms with Crippen LogP contribution in [0, 0.1) is 37.7 Å². The van der Waals surface area contributed by atoms with E-state index in [1.165, 1.54) is 51.9 Å². The molecule has 3 aromatic heterocycles. The standard InChI is InChI=1S/C33H31FNS.C14H16NSi.Ir/c1-20-15-22(16-21(2)32(20)34)27-17-23(18-30-31(27)26-11-7-8-12-29(26)36-30)28-19-25(13-14-35-28)33(3,4)24-9-5-6-10-24;1-16(2,3)13-9-10-14(15-11-13)12-7-5-4-6-8-12;/h7-8,11-17,19,24H,5-6,9-10H2,1-4H3;4-7,9-11H,1-3H3;/q2*-1;. The van der Waals surface area contributed by atoms with Crippen molar-refractivity contribution in [1.29, 1.82) is 0 Å². The van der Waals surface area contributed by atoms with Crippen LogP contribution < -0.4 is 5.19 Å². The fraction of sp³-hybridized carbons (Fsp3) is 0.277. The monoisotopic (exact) mass is 911 g/mol. The maximum atomic E-state index is 14.5. The maximum Gasteiger partial charge on any atom is 0.129 e. The van der Waals surface area contributed by atoms with Crippen molar-refractivity contribution < 1.29 is 24.5 Å². The molecule has 0 aliphatic heterocycles. The smallest absolute Gasteiger partial charge is 0.129 e. The van der Waals surface area contributed by atoms with Crippen LogP contribution in [0.4, 0.5) is 4.39 Å². The molecule has 0 unspecified atom stereocenters. The Bertz CT molecular complexity index is 2330. The molecule has 273 valence electrons. The van der Waals surface area contributed by atoms with E-state index in [2.05, 4.69) is 105 Å². The van der Waals surface area contributed by atoms with Crippen molar-refractivity contribution in [3.63, 3.8) is 0 Å². The third-order valence-electron chi connectivity index (χ3n) is 10.9. The van der Waals surface area contributed by atoms with E-state index in [4.69, 9.17) is 4.98 Å². The quantitative estimate of drug-likeness (QED) is 0.123. The van der Waals surface area contributed by atoms with Crippen LogP contribution in [0.3, 0.4) is 0 Å². The SMILES string of the molecule is C[Si](C)(C)c1ccc(-c2[c-]cccc2)nc1.Cc1cc(-c2cc(-c3cc(C(C)(C)C4CCCC4)ccn3)[c-]c3sc4ccccc4c23)cc(C)c1F.[Ir]. The van der Waals surface area contributed by atoms with E-state index >= 15 is 0 Å². The Balaban J connectivity index is 0.000000238. The summed E-state index contributed by atoms with van der Waals surface area (Å²) in [6.45, 7) is 15.5. The van der Waals surface area contributed by atoms with E-state index in [-0.39, 0.29) is 31.3 Å². The molecule has 0 bridgehead atoms. The summed E-state index contributed by atoms with van der Waals surface area (Å²) in [5.41, 5.74) is 8.97. The Hall–Kier alpha value is -3.80. The molecule has 0 saturated heterocycles. The fourth-order valence-electron chi connectivity index (χ4n) is 7.65. The molecule has 1 aliphatic rings. The Morgan fingerprint density at radius 2 is 1.53 bits per heavy atom. The summed E-state index contributed by atoms with van der Waals surface area (Å²) in [4.78, 5) is 9.33. The topological polar surface area (TPSA) is 25.8 Å². The van der Waals surface area contributed by atoms with Crippen LogP contribution in [0.5, 0.6) is 0 Å². The van der Waals surface area contributed by atoms with E-state index in [9.17, 15) is 4.39 Å². The number of hydrogen-bond donors (Lipinski definition) is 0. The summed E-state index contributed by atoms with van der Waals surface area (Å²) in [5.74, 6) is 0.582. The number of aromatic nitrogens is 2. The van der Waals surface area contributed by atoms with Gasteiger partial charge in [-0.25, -0.2) is 4.39 Å². The van der Waals surface area contributed by atoms with Crippen LogP contribution >= 0.6 is 11.3 Å². The summed E-state index contributed by atoms with van der Waals surface area (Å²) in [6.07, 6.45) is 9.25. The van der Waals surface area contributed by atoms with Gasteiger partial charge >= 0.3 is 0 Å². The minimum atomic E-state index is -1.23. The Labute approximate surface area is 333 Å². The van der Waals surface area contributed by atoms with Gasteiger partial charge in [0.05, 0.1) is 8.07 Å². The molecule has 0 spiro atoms. The molecule has 6 heteroatoms. The van der Waals surface area contributed by atoms with Gasteiger partial charge in [0, 0.05) is 37.2 Å². The van der Waals surface area contributed by atoms with Gasteiger partial charge < -0.3 is 9.97 Å². The molecule has 2 nitrogen and oxygen atoms in total. The van der Waals surface area contributed by atoms with Crippen molar-refractivity contribution in [3.05, 3.63) is 138 Å². The van der Waals surface area contributed by atoms with Crippen LogP contribution in [0.25, 0.3) is 53.8 Å². The molecule has 1 saturated carbocycles. The molecule has 1 radical (unpaired) electrons. The molecule has 1 fully saturated rings. The van der Waals surface area contributed by atoms with Gasteiger partial charge in [0.15, 0.2) is 0 Å². The first kappa shape index (κ1) is 38.9. The van der Waals surface area contributed by atoms with Crippen molar-refractivity contribution in [2.24, 2.45) is 5.92 Å². The number of halogens is 1. The Morgan fingerprint density at radius 3 is 2.19 bits per heavy atom. The van der Waals surface area contributed by atoms with Gasteiger partial charge in [0.2, 0.25) is 0 Å².